The lowest BCUT2D eigenvalue weighted by molar-refractivity contribution is 0.0934. The highest BCUT2D eigenvalue weighted by atomic mass is 16.3. The molecule has 0 aliphatic heterocycles. The topological polar surface area (TPSA) is 52.5 Å². The van der Waals surface area contributed by atoms with Crippen LogP contribution in [-0.4, -0.2) is 36.0 Å². The summed E-state index contributed by atoms with van der Waals surface area (Å²) in [7, 11) is 0. The van der Waals surface area contributed by atoms with Gasteiger partial charge in [-0.2, -0.15) is 0 Å². The first-order valence-electron chi connectivity index (χ1n) is 6.44. The quantitative estimate of drug-likeness (QED) is 0.718. The molecule has 18 heavy (non-hydrogen) atoms. The Labute approximate surface area is 110 Å². The third-order valence-corrected chi connectivity index (χ3v) is 3.27. The third-order valence-electron chi connectivity index (χ3n) is 3.27. The minimum Gasteiger partial charge on any atom is -0.394 e. The summed E-state index contributed by atoms with van der Waals surface area (Å²) in [6, 6.07) is 6.50. The van der Waals surface area contributed by atoms with Crippen LogP contribution in [0.25, 0.3) is 0 Å². The fraction of sp³-hybridized carbons (Fsp3) is 0.600. The van der Waals surface area contributed by atoms with E-state index in [2.05, 4.69) is 51.2 Å². The van der Waals surface area contributed by atoms with E-state index >= 15 is 0 Å². The lowest BCUT2D eigenvalue weighted by atomic mass is 9.81. The van der Waals surface area contributed by atoms with Crippen molar-refractivity contribution in [1.82, 2.24) is 5.32 Å². The Morgan fingerprint density at radius 3 is 2.50 bits per heavy atom. The van der Waals surface area contributed by atoms with E-state index < -0.39 is 6.10 Å². The average Bonchev–Trinajstić information content (AvgIpc) is 2.27. The van der Waals surface area contributed by atoms with Crippen molar-refractivity contribution in [1.29, 1.82) is 0 Å². The van der Waals surface area contributed by atoms with Crippen molar-refractivity contribution in [3.63, 3.8) is 0 Å². The summed E-state index contributed by atoms with van der Waals surface area (Å²) in [5, 5.41) is 21.3. The molecule has 0 spiro atoms. The molecule has 3 heteroatoms. The lowest BCUT2D eigenvalue weighted by Gasteiger charge is -2.28. The Kier molecular flexibility index (Phi) is 5.32. The molecule has 0 aromatic heterocycles. The van der Waals surface area contributed by atoms with E-state index in [0.717, 1.165) is 6.54 Å². The summed E-state index contributed by atoms with van der Waals surface area (Å²) in [5.74, 6) is 0. The van der Waals surface area contributed by atoms with Crippen LogP contribution in [0.3, 0.4) is 0 Å². The zero-order valence-electron chi connectivity index (χ0n) is 11.8. The minimum absolute atomic E-state index is 0.00690. The largest absolute Gasteiger partial charge is 0.394 e. The standard InChI is InChI=1S/C15H25NO2/c1-11-5-6-14(12(2)7-11)15(3,4)10-16-8-13(18)9-17/h5-7,13,16-18H,8-10H2,1-4H3. The highest BCUT2D eigenvalue weighted by Gasteiger charge is 2.22. The van der Waals surface area contributed by atoms with E-state index in [4.69, 9.17) is 5.11 Å². The van der Waals surface area contributed by atoms with Gasteiger partial charge in [-0.3, -0.25) is 0 Å². The van der Waals surface area contributed by atoms with Gasteiger partial charge in [0.15, 0.2) is 0 Å². The van der Waals surface area contributed by atoms with Crippen LogP contribution in [0, 0.1) is 13.8 Å². The maximum Gasteiger partial charge on any atom is 0.0894 e. The molecule has 0 heterocycles. The van der Waals surface area contributed by atoms with Crippen molar-refractivity contribution in [2.45, 2.75) is 39.2 Å². The SMILES string of the molecule is Cc1ccc(C(C)(C)CNCC(O)CO)c(C)c1. The molecule has 0 bridgehead atoms. The van der Waals surface area contributed by atoms with Gasteiger partial charge in [0.2, 0.25) is 0 Å². The molecule has 0 aliphatic carbocycles. The van der Waals surface area contributed by atoms with Crippen LogP contribution < -0.4 is 5.32 Å². The monoisotopic (exact) mass is 251 g/mol. The normalized spacial score (nSPS) is 13.7. The first-order valence-corrected chi connectivity index (χ1v) is 6.44. The molecule has 0 saturated heterocycles. The van der Waals surface area contributed by atoms with Crippen molar-refractivity contribution >= 4 is 0 Å². The second-order valence-corrected chi connectivity index (χ2v) is 5.67. The number of hydrogen-bond donors (Lipinski definition) is 3. The van der Waals surface area contributed by atoms with Gasteiger partial charge in [0.25, 0.3) is 0 Å². The molecule has 0 radical (unpaired) electrons. The molecule has 0 saturated carbocycles. The molecule has 0 amide bonds. The van der Waals surface area contributed by atoms with E-state index in [9.17, 15) is 5.11 Å². The zero-order chi connectivity index (χ0) is 13.8. The van der Waals surface area contributed by atoms with Crippen molar-refractivity contribution in [3.8, 4) is 0 Å². The first kappa shape index (κ1) is 15.2. The highest BCUT2D eigenvalue weighted by molar-refractivity contribution is 5.35. The van der Waals surface area contributed by atoms with E-state index in [-0.39, 0.29) is 12.0 Å². The van der Waals surface area contributed by atoms with Crippen LogP contribution in [0.15, 0.2) is 18.2 Å². The second-order valence-electron chi connectivity index (χ2n) is 5.67. The highest BCUT2D eigenvalue weighted by Crippen LogP contribution is 2.26. The fourth-order valence-electron chi connectivity index (χ4n) is 2.28. The molecular formula is C15H25NO2. The van der Waals surface area contributed by atoms with Gasteiger partial charge in [0, 0.05) is 18.5 Å². The zero-order valence-corrected chi connectivity index (χ0v) is 11.8. The van der Waals surface area contributed by atoms with Crippen molar-refractivity contribution in [2.24, 2.45) is 0 Å². The van der Waals surface area contributed by atoms with Gasteiger partial charge in [-0.05, 0) is 25.0 Å². The molecule has 3 N–H and O–H groups in total. The van der Waals surface area contributed by atoms with Crippen molar-refractivity contribution in [2.75, 3.05) is 19.7 Å². The maximum atomic E-state index is 9.30. The minimum atomic E-state index is -0.681. The summed E-state index contributed by atoms with van der Waals surface area (Å²) < 4.78 is 0. The van der Waals surface area contributed by atoms with E-state index in [1.165, 1.54) is 16.7 Å². The first-order chi connectivity index (χ1) is 8.36. The van der Waals surface area contributed by atoms with Gasteiger partial charge in [-0.25, -0.2) is 0 Å². The molecule has 0 aliphatic rings. The molecule has 3 nitrogen and oxygen atoms in total. The van der Waals surface area contributed by atoms with Gasteiger partial charge >= 0.3 is 0 Å². The van der Waals surface area contributed by atoms with Crippen LogP contribution in [0.2, 0.25) is 0 Å². The number of aryl methyl sites for hydroxylation is 2. The molecule has 1 unspecified atom stereocenters. The summed E-state index contributed by atoms with van der Waals surface area (Å²) >= 11 is 0. The summed E-state index contributed by atoms with van der Waals surface area (Å²) in [5.41, 5.74) is 3.90. The summed E-state index contributed by atoms with van der Waals surface area (Å²) in [6.45, 7) is 9.59. The number of rotatable bonds is 6. The third kappa shape index (κ3) is 4.09. The van der Waals surface area contributed by atoms with Gasteiger partial charge in [0.05, 0.1) is 12.7 Å². The Morgan fingerprint density at radius 2 is 1.94 bits per heavy atom. The number of hydrogen-bond acceptors (Lipinski definition) is 3. The number of aliphatic hydroxyl groups excluding tert-OH is 2. The van der Waals surface area contributed by atoms with Crippen LogP contribution >= 0.6 is 0 Å². The van der Waals surface area contributed by atoms with Crippen LogP contribution in [0.1, 0.15) is 30.5 Å². The number of aliphatic hydroxyl groups is 2. The Hall–Kier alpha value is -0.900. The molecule has 1 aromatic rings. The molecule has 1 aromatic carbocycles. The van der Waals surface area contributed by atoms with Crippen LogP contribution in [0.5, 0.6) is 0 Å². The lowest BCUT2D eigenvalue weighted by Crippen LogP contribution is -2.38. The molecule has 1 atom stereocenters. The van der Waals surface area contributed by atoms with Gasteiger partial charge < -0.3 is 15.5 Å². The predicted octanol–water partition coefficient (Wildman–Crippen LogP) is 1.52. The van der Waals surface area contributed by atoms with E-state index in [0.29, 0.717) is 6.54 Å². The Morgan fingerprint density at radius 1 is 1.28 bits per heavy atom. The molecule has 1 rings (SSSR count). The maximum absolute atomic E-state index is 9.30. The van der Waals surface area contributed by atoms with Gasteiger partial charge in [0.1, 0.15) is 0 Å². The van der Waals surface area contributed by atoms with Crippen LogP contribution in [-0.2, 0) is 5.41 Å². The van der Waals surface area contributed by atoms with Gasteiger partial charge in [-0.15, -0.1) is 0 Å². The number of benzene rings is 1. The van der Waals surface area contributed by atoms with E-state index in [1.54, 1.807) is 0 Å². The predicted molar refractivity (Wildman–Crippen MR) is 74.9 cm³/mol. The van der Waals surface area contributed by atoms with Crippen LogP contribution in [0.4, 0.5) is 0 Å². The second kappa shape index (κ2) is 6.32. The fourth-order valence-corrected chi connectivity index (χ4v) is 2.28. The molecule has 102 valence electrons. The molecule has 0 fully saturated rings. The summed E-state index contributed by atoms with van der Waals surface area (Å²) in [6.07, 6.45) is -0.681. The molecular weight excluding hydrogens is 226 g/mol. The smallest absolute Gasteiger partial charge is 0.0894 e. The Bertz CT molecular complexity index is 388. The van der Waals surface area contributed by atoms with Crippen molar-refractivity contribution < 1.29 is 10.2 Å². The Balaban J connectivity index is 2.67. The number of nitrogens with one attached hydrogen (secondary N) is 1. The average molecular weight is 251 g/mol. The van der Waals surface area contributed by atoms with Gasteiger partial charge in [-0.1, -0.05) is 37.6 Å². The van der Waals surface area contributed by atoms with E-state index in [1.807, 2.05) is 0 Å². The van der Waals surface area contributed by atoms with Crippen molar-refractivity contribution in [3.05, 3.63) is 34.9 Å². The summed E-state index contributed by atoms with van der Waals surface area (Å²) in [4.78, 5) is 0.